The first kappa shape index (κ1) is 10.9. The molecule has 0 bridgehead atoms. The lowest BCUT2D eigenvalue weighted by molar-refractivity contribution is 0.423. The van der Waals surface area contributed by atoms with Crippen molar-refractivity contribution in [3.05, 3.63) is 0 Å². The van der Waals surface area contributed by atoms with Gasteiger partial charge in [0.25, 0.3) is 0 Å². The first-order valence-corrected chi connectivity index (χ1v) is 6.01. The molecule has 1 aliphatic heterocycles. The quantitative estimate of drug-likeness (QED) is 0.757. The van der Waals surface area contributed by atoms with Crippen molar-refractivity contribution in [2.45, 2.75) is 52.1 Å². The van der Waals surface area contributed by atoms with Crippen LogP contribution in [0.1, 0.15) is 40.5 Å². The number of hydrogen-bond donors (Lipinski definition) is 1. The van der Waals surface area contributed by atoms with Gasteiger partial charge in [-0.25, -0.2) is 0 Å². The van der Waals surface area contributed by atoms with Crippen molar-refractivity contribution in [3.8, 4) is 0 Å². The topological polar surface area (TPSA) is 24.4 Å². The van der Waals surface area contributed by atoms with Crippen molar-refractivity contribution in [2.75, 3.05) is 5.75 Å². The summed E-state index contributed by atoms with van der Waals surface area (Å²) in [5.41, 5.74) is 0.199. The van der Waals surface area contributed by atoms with Crippen molar-refractivity contribution in [2.24, 2.45) is 4.99 Å². The van der Waals surface area contributed by atoms with Gasteiger partial charge in [-0.05, 0) is 27.2 Å². The molecule has 0 saturated carbocycles. The summed E-state index contributed by atoms with van der Waals surface area (Å²) in [4.78, 5) is 4.52. The van der Waals surface area contributed by atoms with Crippen LogP contribution in [0.4, 0.5) is 0 Å². The van der Waals surface area contributed by atoms with Gasteiger partial charge in [-0.3, -0.25) is 4.99 Å². The minimum Gasteiger partial charge on any atom is -0.360 e. The van der Waals surface area contributed by atoms with Gasteiger partial charge < -0.3 is 5.32 Å². The summed E-state index contributed by atoms with van der Waals surface area (Å²) in [6.07, 6.45) is 2.41. The molecule has 3 heteroatoms. The maximum atomic E-state index is 4.52. The summed E-state index contributed by atoms with van der Waals surface area (Å²) in [7, 11) is 0. The lowest BCUT2D eigenvalue weighted by Crippen LogP contribution is -2.41. The minimum atomic E-state index is 0.199. The lowest BCUT2D eigenvalue weighted by Gasteiger charge is -2.26. The number of hydrogen-bond acceptors (Lipinski definition) is 3. The fourth-order valence-corrected chi connectivity index (χ4v) is 2.60. The van der Waals surface area contributed by atoms with Gasteiger partial charge in [-0.2, -0.15) is 0 Å². The normalized spacial score (nSPS) is 23.1. The maximum Gasteiger partial charge on any atom is 0.157 e. The molecule has 1 atom stereocenters. The zero-order valence-electron chi connectivity index (χ0n) is 9.05. The highest BCUT2D eigenvalue weighted by Crippen LogP contribution is 2.19. The Labute approximate surface area is 85.6 Å². The van der Waals surface area contributed by atoms with E-state index in [1.54, 1.807) is 0 Å². The van der Waals surface area contributed by atoms with Crippen molar-refractivity contribution >= 4 is 16.9 Å². The highest BCUT2D eigenvalue weighted by molar-refractivity contribution is 8.14. The van der Waals surface area contributed by atoms with E-state index < -0.39 is 0 Å². The Morgan fingerprint density at radius 3 is 2.77 bits per heavy atom. The van der Waals surface area contributed by atoms with Crippen LogP contribution in [0, 0.1) is 0 Å². The third-order valence-corrected chi connectivity index (χ3v) is 3.25. The van der Waals surface area contributed by atoms with Gasteiger partial charge in [0, 0.05) is 11.3 Å². The average molecular weight is 200 g/mol. The van der Waals surface area contributed by atoms with Gasteiger partial charge in [0.05, 0.1) is 6.04 Å². The molecule has 0 spiro atoms. The molecular weight excluding hydrogens is 180 g/mol. The molecular formula is C10H20N2S. The third-order valence-electron chi connectivity index (χ3n) is 2.12. The third kappa shape index (κ3) is 3.59. The Kier molecular flexibility index (Phi) is 3.65. The van der Waals surface area contributed by atoms with Gasteiger partial charge in [0.2, 0.25) is 0 Å². The Morgan fingerprint density at radius 2 is 2.31 bits per heavy atom. The first-order valence-electron chi connectivity index (χ1n) is 5.02. The molecule has 13 heavy (non-hydrogen) atoms. The molecule has 0 saturated heterocycles. The maximum absolute atomic E-state index is 4.52. The Hall–Kier alpha value is -0.180. The number of aliphatic imine (C=N–C) groups is 1. The number of rotatable bonds is 3. The van der Waals surface area contributed by atoms with Crippen LogP contribution in [-0.4, -0.2) is 22.5 Å². The van der Waals surface area contributed by atoms with Crippen LogP contribution in [0.5, 0.6) is 0 Å². The van der Waals surface area contributed by atoms with E-state index in [1.807, 2.05) is 11.8 Å². The molecule has 1 N–H and O–H groups in total. The predicted octanol–water partition coefficient (Wildman–Crippen LogP) is 2.65. The largest absolute Gasteiger partial charge is 0.360 e. The zero-order chi connectivity index (χ0) is 9.90. The second-order valence-corrected chi connectivity index (χ2v) is 5.36. The van der Waals surface area contributed by atoms with E-state index in [-0.39, 0.29) is 5.54 Å². The van der Waals surface area contributed by atoms with Crippen LogP contribution < -0.4 is 5.32 Å². The minimum absolute atomic E-state index is 0.199. The average Bonchev–Trinajstić information content (AvgIpc) is 2.34. The van der Waals surface area contributed by atoms with Gasteiger partial charge >= 0.3 is 0 Å². The molecule has 0 radical (unpaired) electrons. The van der Waals surface area contributed by atoms with Crippen LogP contribution in [0.15, 0.2) is 4.99 Å². The molecule has 1 heterocycles. The van der Waals surface area contributed by atoms with Gasteiger partial charge in [-0.15, -0.1) is 0 Å². The van der Waals surface area contributed by atoms with Crippen molar-refractivity contribution in [3.63, 3.8) is 0 Å². The Bertz CT molecular complexity index is 199. The molecule has 0 aromatic rings. The monoisotopic (exact) mass is 200 g/mol. The van der Waals surface area contributed by atoms with E-state index in [0.29, 0.717) is 6.04 Å². The standard InChI is InChI=1S/C10H20N2S/c1-5-6-10(3,4)12-9-11-8(2)7-13-9/h8H,5-7H2,1-4H3,(H,11,12). The molecule has 0 fully saturated rings. The lowest BCUT2D eigenvalue weighted by atomic mass is 10.00. The van der Waals surface area contributed by atoms with Crippen molar-refractivity contribution in [1.82, 2.24) is 5.32 Å². The molecule has 0 amide bonds. The highest BCUT2D eigenvalue weighted by Gasteiger charge is 2.21. The summed E-state index contributed by atoms with van der Waals surface area (Å²) >= 11 is 1.84. The van der Waals surface area contributed by atoms with E-state index in [4.69, 9.17) is 0 Å². The molecule has 0 aliphatic carbocycles. The Morgan fingerprint density at radius 1 is 1.62 bits per heavy atom. The Balaban J connectivity index is 2.43. The number of thioether (sulfide) groups is 1. The van der Waals surface area contributed by atoms with Crippen LogP contribution >= 0.6 is 11.8 Å². The zero-order valence-corrected chi connectivity index (χ0v) is 9.87. The van der Waals surface area contributed by atoms with E-state index in [2.05, 4.69) is 38.0 Å². The summed E-state index contributed by atoms with van der Waals surface area (Å²) in [5.74, 6) is 1.13. The van der Waals surface area contributed by atoms with Crippen molar-refractivity contribution < 1.29 is 0 Å². The molecule has 2 nitrogen and oxygen atoms in total. The predicted molar refractivity (Wildman–Crippen MR) is 61.5 cm³/mol. The van der Waals surface area contributed by atoms with Gasteiger partial charge in [0.15, 0.2) is 5.17 Å². The molecule has 1 unspecified atom stereocenters. The van der Waals surface area contributed by atoms with E-state index in [0.717, 1.165) is 10.9 Å². The smallest absolute Gasteiger partial charge is 0.157 e. The number of amidine groups is 1. The molecule has 0 aromatic carbocycles. The summed E-state index contributed by atoms with van der Waals surface area (Å²) in [6, 6.07) is 0.491. The SMILES string of the molecule is CCCC(C)(C)NC1=NC(C)CS1. The second-order valence-electron chi connectivity index (χ2n) is 4.35. The molecule has 0 aromatic heterocycles. The van der Waals surface area contributed by atoms with Gasteiger partial charge in [0.1, 0.15) is 0 Å². The number of nitrogens with one attached hydrogen (secondary N) is 1. The summed E-state index contributed by atoms with van der Waals surface area (Å²) in [6.45, 7) is 8.86. The van der Waals surface area contributed by atoms with Crippen LogP contribution in [0.2, 0.25) is 0 Å². The molecule has 1 aliphatic rings. The van der Waals surface area contributed by atoms with Crippen LogP contribution in [0.3, 0.4) is 0 Å². The van der Waals surface area contributed by atoms with E-state index >= 15 is 0 Å². The molecule has 1 rings (SSSR count). The van der Waals surface area contributed by atoms with Gasteiger partial charge in [-0.1, -0.05) is 25.1 Å². The summed E-state index contributed by atoms with van der Waals surface area (Å²) < 4.78 is 0. The summed E-state index contributed by atoms with van der Waals surface area (Å²) in [5, 5.41) is 4.63. The first-order chi connectivity index (χ1) is 6.03. The number of nitrogens with zero attached hydrogens (tertiary/aromatic N) is 1. The fraction of sp³-hybridized carbons (Fsp3) is 0.900. The highest BCUT2D eigenvalue weighted by atomic mass is 32.2. The van der Waals surface area contributed by atoms with E-state index in [9.17, 15) is 0 Å². The fourth-order valence-electron chi connectivity index (χ4n) is 1.52. The van der Waals surface area contributed by atoms with E-state index in [1.165, 1.54) is 12.8 Å². The van der Waals surface area contributed by atoms with Crippen molar-refractivity contribution in [1.29, 1.82) is 0 Å². The second kappa shape index (κ2) is 4.36. The van der Waals surface area contributed by atoms with Crippen LogP contribution in [-0.2, 0) is 0 Å². The van der Waals surface area contributed by atoms with Crippen LogP contribution in [0.25, 0.3) is 0 Å². The molecule has 76 valence electrons.